The predicted molar refractivity (Wildman–Crippen MR) is 42.2 cm³/mol. The fourth-order valence-corrected chi connectivity index (χ4v) is 0.943. The van der Waals surface area contributed by atoms with Gasteiger partial charge in [0.25, 0.3) is 5.89 Å². The molecule has 5 heteroatoms. The molecule has 0 atom stereocenters. The summed E-state index contributed by atoms with van der Waals surface area (Å²) in [6.45, 7) is 1.69. The Kier molecular flexibility index (Phi) is 1.77. The highest BCUT2D eigenvalue weighted by Crippen LogP contribution is 2.15. The van der Waals surface area contributed by atoms with Gasteiger partial charge in [-0.25, -0.2) is 4.39 Å². The fourth-order valence-electron chi connectivity index (χ4n) is 0.943. The molecular formula is C8H6FN3O. The molecular weight excluding hydrogens is 173 g/mol. The third-order valence-corrected chi connectivity index (χ3v) is 1.48. The highest BCUT2D eigenvalue weighted by atomic mass is 19.1. The van der Waals surface area contributed by atoms with Crippen LogP contribution in [0.15, 0.2) is 23.0 Å². The molecule has 0 aliphatic rings. The lowest BCUT2D eigenvalue weighted by atomic mass is 10.3. The van der Waals surface area contributed by atoms with E-state index in [9.17, 15) is 4.39 Å². The molecule has 4 nitrogen and oxygen atoms in total. The van der Waals surface area contributed by atoms with E-state index in [0.717, 1.165) is 6.20 Å². The van der Waals surface area contributed by atoms with E-state index in [4.69, 9.17) is 4.52 Å². The smallest absolute Gasteiger partial charge is 0.259 e. The van der Waals surface area contributed by atoms with E-state index in [1.165, 1.54) is 12.3 Å². The number of aromatic nitrogens is 3. The van der Waals surface area contributed by atoms with Crippen molar-refractivity contribution in [1.29, 1.82) is 0 Å². The molecule has 0 unspecified atom stereocenters. The summed E-state index contributed by atoms with van der Waals surface area (Å²) in [4.78, 5) is 7.60. The minimum atomic E-state index is -0.423. The molecule has 2 aromatic rings. The van der Waals surface area contributed by atoms with Gasteiger partial charge >= 0.3 is 0 Å². The summed E-state index contributed by atoms with van der Waals surface area (Å²) < 4.78 is 17.5. The Bertz CT molecular complexity index is 427. The van der Waals surface area contributed by atoms with Crippen molar-refractivity contribution in [3.05, 3.63) is 30.1 Å². The predicted octanol–water partition coefficient (Wildman–Crippen LogP) is 1.58. The van der Waals surface area contributed by atoms with Gasteiger partial charge in [-0.05, 0) is 13.0 Å². The zero-order valence-electron chi connectivity index (χ0n) is 6.86. The number of halogens is 1. The lowest BCUT2D eigenvalue weighted by molar-refractivity contribution is 0.425. The Morgan fingerprint density at radius 2 is 2.23 bits per heavy atom. The molecule has 0 radical (unpaired) electrons. The van der Waals surface area contributed by atoms with Crippen molar-refractivity contribution >= 4 is 0 Å². The van der Waals surface area contributed by atoms with Crippen LogP contribution in [0, 0.1) is 12.7 Å². The van der Waals surface area contributed by atoms with Crippen molar-refractivity contribution in [3.63, 3.8) is 0 Å². The van der Waals surface area contributed by atoms with E-state index in [1.54, 1.807) is 6.92 Å². The number of hydrogen-bond donors (Lipinski definition) is 0. The highest BCUT2D eigenvalue weighted by Gasteiger charge is 2.06. The maximum atomic E-state index is 12.7. The van der Waals surface area contributed by atoms with Gasteiger partial charge in [-0.15, -0.1) is 0 Å². The molecule has 0 saturated heterocycles. The normalized spacial score (nSPS) is 10.3. The number of rotatable bonds is 1. The zero-order valence-corrected chi connectivity index (χ0v) is 6.86. The highest BCUT2D eigenvalue weighted by molar-refractivity contribution is 5.50. The quantitative estimate of drug-likeness (QED) is 0.666. The maximum Gasteiger partial charge on any atom is 0.259 e. The van der Waals surface area contributed by atoms with Gasteiger partial charge in [0.15, 0.2) is 5.82 Å². The van der Waals surface area contributed by atoms with Crippen LogP contribution >= 0.6 is 0 Å². The number of hydrogen-bond acceptors (Lipinski definition) is 4. The molecule has 66 valence electrons. The van der Waals surface area contributed by atoms with E-state index < -0.39 is 5.82 Å². The molecule has 0 fully saturated rings. The van der Waals surface area contributed by atoms with Gasteiger partial charge in [0, 0.05) is 6.20 Å². The first kappa shape index (κ1) is 7.85. The Morgan fingerprint density at radius 3 is 2.85 bits per heavy atom. The van der Waals surface area contributed by atoms with Crippen LogP contribution in [0.2, 0.25) is 0 Å². The molecule has 0 saturated carbocycles. The third kappa shape index (κ3) is 1.53. The first-order chi connectivity index (χ1) is 6.25. The summed E-state index contributed by atoms with van der Waals surface area (Å²) in [6, 6.07) is 1.29. The van der Waals surface area contributed by atoms with E-state index in [-0.39, 0.29) is 5.89 Å². The van der Waals surface area contributed by atoms with Gasteiger partial charge in [0.2, 0.25) is 0 Å². The number of aryl methyl sites for hydroxylation is 1. The standard InChI is InChI=1S/C8H6FN3O/c1-5-11-8(13-12-5)6-2-7(9)4-10-3-6/h2-4H,1H3. The summed E-state index contributed by atoms with van der Waals surface area (Å²) in [5, 5.41) is 3.59. The Hall–Kier alpha value is -1.78. The maximum absolute atomic E-state index is 12.7. The van der Waals surface area contributed by atoms with E-state index >= 15 is 0 Å². The summed E-state index contributed by atoms with van der Waals surface area (Å²) in [6.07, 6.45) is 2.59. The second-order valence-electron chi connectivity index (χ2n) is 2.54. The van der Waals surface area contributed by atoms with Crippen LogP contribution < -0.4 is 0 Å². The van der Waals surface area contributed by atoms with Gasteiger partial charge in [-0.2, -0.15) is 4.98 Å². The number of nitrogens with zero attached hydrogens (tertiary/aromatic N) is 3. The monoisotopic (exact) mass is 179 g/mol. The summed E-state index contributed by atoms with van der Waals surface area (Å²) in [5.41, 5.74) is 0.487. The van der Waals surface area contributed by atoms with E-state index in [2.05, 4.69) is 15.1 Å². The Morgan fingerprint density at radius 1 is 1.38 bits per heavy atom. The van der Waals surface area contributed by atoms with Crippen LogP contribution in [0.5, 0.6) is 0 Å². The topological polar surface area (TPSA) is 51.8 Å². The van der Waals surface area contributed by atoms with E-state index in [0.29, 0.717) is 11.4 Å². The van der Waals surface area contributed by atoms with Gasteiger partial charge in [0.1, 0.15) is 5.82 Å². The lowest BCUT2D eigenvalue weighted by Gasteiger charge is -1.91. The van der Waals surface area contributed by atoms with Crippen LogP contribution in [0.25, 0.3) is 11.5 Å². The van der Waals surface area contributed by atoms with Gasteiger partial charge in [-0.3, -0.25) is 4.98 Å². The second kappa shape index (κ2) is 2.93. The third-order valence-electron chi connectivity index (χ3n) is 1.48. The zero-order chi connectivity index (χ0) is 9.26. The van der Waals surface area contributed by atoms with Crippen molar-refractivity contribution < 1.29 is 8.91 Å². The average molecular weight is 179 g/mol. The van der Waals surface area contributed by atoms with Crippen molar-refractivity contribution in [3.8, 4) is 11.5 Å². The van der Waals surface area contributed by atoms with Crippen molar-refractivity contribution in [2.24, 2.45) is 0 Å². The van der Waals surface area contributed by atoms with Crippen LogP contribution in [-0.4, -0.2) is 15.1 Å². The second-order valence-corrected chi connectivity index (χ2v) is 2.54. The molecule has 2 rings (SSSR count). The molecule has 2 aromatic heterocycles. The SMILES string of the molecule is Cc1noc(-c2cncc(F)c2)n1. The van der Waals surface area contributed by atoms with Gasteiger partial charge in [-0.1, -0.05) is 5.16 Å². The van der Waals surface area contributed by atoms with Crippen LogP contribution in [0.1, 0.15) is 5.82 Å². The molecule has 0 N–H and O–H groups in total. The fraction of sp³-hybridized carbons (Fsp3) is 0.125. The molecule has 13 heavy (non-hydrogen) atoms. The molecule has 0 amide bonds. The summed E-state index contributed by atoms with van der Waals surface area (Å²) in [5.74, 6) is 0.372. The summed E-state index contributed by atoms with van der Waals surface area (Å²) >= 11 is 0. The van der Waals surface area contributed by atoms with Crippen molar-refractivity contribution in [1.82, 2.24) is 15.1 Å². The molecule has 0 aliphatic carbocycles. The lowest BCUT2D eigenvalue weighted by Crippen LogP contribution is -1.82. The molecule has 0 spiro atoms. The molecule has 0 bridgehead atoms. The largest absolute Gasteiger partial charge is 0.334 e. The number of pyridine rings is 1. The van der Waals surface area contributed by atoms with E-state index in [1.807, 2.05) is 0 Å². The Labute approximate surface area is 73.4 Å². The van der Waals surface area contributed by atoms with Crippen LogP contribution in [-0.2, 0) is 0 Å². The summed E-state index contributed by atoms with van der Waals surface area (Å²) in [7, 11) is 0. The molecule has 0 aliphatic heterocycles. The van der Waals surface area contributed by atoms with Gasteiger partial charge in [0.05, 0.1) is 11.8 Å². The van der Waals surface area contributed by atoms with Crippen LogP contribution in [0.4, 0.5) is 4.39 Å². The molecule has 0 aromatic carbocycles. The van der Waals surface area contributed by atoms with Crippen molar-refractivity contribution in [2.75, 3.05) is 0 Å². The average Bonchev–Trinajstić information content (AvgIpc) is 2.52. The molecule has 2 heterocycles. The van der Waals surface area contributed by atoms with Crippen LogP contribution in [0.3, 0.4) is 0 Å². The first-order valence-corrected chi connectivity index (χ1v) is 3.67. The minimum Gasteiger partial charge on any atom is -0.334 e. The first-order valence-electron chi connectivity index (χ1n) is 3.67. The van der Waals surface area contributed by atoms with Crippen molar-refractivity contribution in [2.45, 2.75) is 6.92 Å². The van der Waals surface area contributed by atoms with Gasteiger partial charge < -0.3 is 4.52 Å². The Balaban J connectivity index is 2.46. The minimum absolute atomic E-state index is 0.282.